The maximum atomic E-state index is 13.4. The van der Waals surface area contributed by atoms with Crippen molar-refractivity contribution in [2.75, 3.05) is 6.54 Å². The van der Waals surface area contributed by atoms with Crippen molar-refractivity contribution >= 4 is 5.91 Å². The highest BCUT2D eigenvalue weighted by Crippen LogP contribution is 2.35. The molecule has 2 fully saturated rings. The number of hydrogen-bond donors (Lipinski definition) is 2. The highest BCUT2D eigenvalue weighted by Gasteiger charge is 2.48. The van der Waals surface area contributed by atoms with Crippen LogP contribution in [0, 0.1) is 11.6 Å². The first-order valence-electron chi connectivity index (χ1n) is 6.98. The van der Waals surface area contributed by atoms with E-state index in [2.05, 4.69) is 10.6 Å². The van der Waals surface area contributed by atoms with Gasteiger partial charge in [-0.2, -0.15) is 0 Å². The predicted octanol–water partition coefficient (Wildman–Crippen LogP) is 2.21. The van der Waals surface area contributed by atoms with Gasteiger partial charge in [0.05, 0.1) is 11.1 Å². The summed E-state index contributed by atoms with van der Waals surface area (Å²) in [5.41, 5.74) is -0.817. The van der Waals surface area contributed by atoms with Crippen LogP contribution in [0.3, 0.4) is 0 Å². The number of carbonyl (C=O) groups excluding carboxylic acids is 1. The molecule has 1 atom stereocenters. The summed E-state index contributed by atoms with van der Waals surface area (Å²) in [6.45, 7) is 2.26. The van der Waals surface area contributed by atoms with Crippen LogP contribution in [0.15, 0.2) is 18.2 Å². The Kier molecular flexibility index (Phi) is 3.05. The van der Waals surface area contributed by atoms with Crippen LogP contribution in [0.25, 0.3) is 0 Å². The van der Waals surface area contributed by atoms with Crippen LogP contribution in [0.1, 0.15) is 38.2 Å². The molecule has 1 spiro atoms. The Labute approximate surface area is 116 Å². The summed E-state index contributed by atoms with van der Waals surface area (Å²) in [5.74, 6) is -1.32. The van der Waals surface area contributed by atoms with Crippen molar-refractivity contribution in [3.05, 3.63) is 35.4 Å². The van der Waals surface area contributed by atoms with Crippen LogP contribution < -0.4 is 10.6 Å². The molecule has 1 amide bonds. The molecule has 1 aromatic rings. The number of amides is 1. The number of piperazine rings is 1. The van der Waals surface area contributed by atoms with Crippen LogP contribution >= 0.6 is 0 Å². The lowest BCUT2D eigenvalue weighted by atomic mass is 9.84. The molecule has 2 aliphatic rings. The summed E-state index contributed by atoms with van der Waals surface area (Å²) in [6, 6.07) is 3.39. The Morgan fingerprint density at radius 3 is 2.25 bits per heavy atom. The second-order valence-corrected chi connectivity index (χ2v) is 6.09. The predicted molar refractivity (Wildman–Crippen MR) is 71.1 cm³/mol. The molecule has 0 aromatic heterocycles. The number of benzene rings is 1. The van der Waals surface area contributed by atoms with E-state index < -0.39 is 22.7 Å². The lowest BCUT2D eigenvalue weighted by Gasteiger charge is -2.44. The minimum atomic E-state index is -0.784. The fourth-order valence-corrected chi connectivity index (χ4v) is 3.27. The topological polar surface area (TPSA) is 41.1 Å². The maximum Gasteiger partial charge on any atom is 0.241 e. The fraction of sp³-hybridized carbons (Fsp3) is 0.533. The fourth-order valence-electron chi connectivity index (χ4n) is 3.27. The SMILES string of the molecule is C[C@]1(c2cc(F)cc(F)c2)CNC2(CCCC2)C(=O)N1. The number of hydrogen-bond acceptors (Lipinski definition) is 2. The Bertz CT molecular complexity index is 535. The van der Waals surface area contributed by atoms with E-state index >= 15 is 0 Å². The van der Waals surface area contributed by atoms with Crippen molar-refractivity contribution in [1.29, 1.82) is 0 Å². The smallest absolute Gasteiger partial charge is 0.241 e. The average molecular weight is 280 g/mol. The number of carbonyl (C=O) groups is 1. The van der Waals surface area contributed by atoms with Gasteiger partial charge in [-0.1, -0.05) is 12.8 Å². The van der Waals surface area contributed by atoms with Gasteiger partial charge >= 0.3 is 0 Å². The Morgan fingerprint density at radius 1 is 1.10 bits per heavy atom. The van der Waals surface area contributed by atoms with Crippen molar-refractivity contribution in [3.63, 3.8) is 0 Å². The molecule has 2 N–H and O–H groups in total. The zero-order valence-corrected chi connectivity index (χ0v) is 11.4. The minimum absolute atomic E-state index is 0.0616. The van der Waals surface area contributed by atoms with Gasteiger partial charge in [0.15, 0.2) is 0 Å². The second kappa shape index (κ2) is 4.52. The summed E-state index contributed by atoms with van der Waals surface area (Å²) in [4.78, 5) is 12.4. The van der Waals surface area contributed by atoms with Crippen LogP contribution in [0.5, 0.6) is 0 Å². The van der Waals surface area contributed by atoms with Crippen LogP contribution in [-0.2, 0) is 10.3 Å². The van der Waals surface area contributed by atoms with Gasteiger partial charge in [-0.25, -0.2) is 8.78 Å². The van der Waals surface area contributed by atoms with E-state index in [9.17, 15) is 13.6 Å². The Hall–Kier alpha value is -1.49. The Balaban J connectivity index is 1.89. The van der Waals surface area contributed by atoms with E-state index in [-0.39, 0.29) is 5.91 Å². The van der Waals surface area contributed by atoms with Gasteiger partial charge in [0.1, 0.15) is 11.6 Å². The molecule has 3 nitrogen and oxygen atoms in total. The van der Waals surface area contributed by atoms with Gasteiger partial charge in [0.25, 0.3) is 0 Å². The average Bonchev–Trinajstić information content (AvgIpc) is 2.84. The van der Waals surface area contributed by atoms with Gasteiger partial charge < -0.3 is 10.6 Å². The van der Waals surface area contributed by atoms with Crippen molar-refractivity contribution in [2.24, 2.45) is 0 Å². The van der Waals surface area contributed by atoms with Crippen LogP contribution in [0.2, 0.25) is 0 Å². The number of halogens is 2. The molecule has 3 rings (SSSR count). The molecule has 0 radical (unpaired) electrons. The molecule has 1 saturated heterocycles. The zero-order valence-electron chi connectivity index (χ0n) is 11.4. The molecule has 0 bridgehead atoms. The van der Waals surface area contributed by atoms with E-state index in [0.717, 1.165) is 31.7 Å². The molecule has 1 aliphatic heterocycles. The molecule has 0 unspecified atom stereocenters. The molecule has 108 valence electrons. The van der Waals surface area contributed by atoms with E-state index in [1.807, 2.05) is 0 Å². The van der Waals surface area contributed by atoms with Gasteiger partial charge in [0, 0.05) is 12.6 Å². The molecule has 20 heavy (non-hydrogen) atoms. The summed E-state index contributed by atoms with van der Waals surface area (Å²) < 4.78 is 26.7. The standard InChI is InChI=1S/C15H18F2N2O/c1-14(10-6-11(16)8-12(17)7-10)9-18-15(13(20)19-14)4-2-3-5-15/h6-8,18H,2-5,9H2,1H3,(H,19,20)/t14-/m1/s1. The van der Waals surface area contributed by atoms with Crippen molar-refractivity contribution in [3.8, 4) is 0 Å². The largest absolute Gasteiger partial charge is 0.344 e. The van der Waals surface area contributed by atoms with Crippen molar-refractivity contribution < 1.29 is 13.6 Å². The molecule has 1 saturated carbocycles. The highest BCUT2D eigenvalue weighted by molar-refractivity contribution is 5.88. The zero-order chi connectivity index (χ0) is 14.4. The van der Waals surface area contributed by atoms with E-state index in [0.29, 0.717) is 12.1 Å². The van der Waals surface area contributed by atoms with Crippen molar-refractivity contribution in [1.82, 2.24) is 10.6 Å². The lowest BCUT2D eigenvalue weighted by molar-refractivity contribution is -0.132. The van der Waals surface area contributed by atoms with Gasteiger partial charge in [-0.3, -0.25) is 4.79 Å². The first-order chi connectivity index (χ1) is 9.43. The lowest BCUT2D eigenvalue weighted by Crippen LogP contribution is -2.68. The van der Waals surface area contributed by atoms with Gasteiger partial charge in [0.2, 0.25) is 5.91 Å². The maximum absolute atomic E-state index is 13.4. The minimum Gasteiger partial charge on any atom is -0.344 e. The molecule has 1 heterocycles. The third-order valence-electron chi connectivity index (χ3n) is 4.56. The highest BCUT2D eigenvalue weighted by atomic mass is 19.1. The number of nitrogens with one attached hydrogen (secondary N) is 2. The van der Waals surface area contributed by atoms with Crippen LogP contribution in [-0.4, -0.2) is 18.0 Å². The first-order valence-corrected chi connectivity index (χ1v) is 6.98. The third-order valence-corrected chi connectivity index (χ3v) is 4.56. The normalized spacial score (nSPS) is 28.6. The first kappa shape index (κ1) is 13.5. The van der Waals surface area contributed by atoms with Crippen LogP contribution in [0.4, 0.5) is 8.78 Å². The quantitative estimate of drug-likeness (QED) is 0.828. The molecule has 1 aromatic carbocycles. The summed E-state index contributed by atoms with van der Waals surface area (Å²) >= 11 is 0. The van der Waals surface area contributed by atoms with Gasteiger partial charge in [-0.15, -0.1) is 0 Å². The molecule has 1 aliphatic carbocycles. The third kappa shape index (κ3) is 2.10. The second-order valence-electron chi connectivity index (χ2n) is 6.09. The monoisotopic (exact) mass is 280 g/mol. The molecular weight excluding hydrogens is 262 g/mol. The number of rotatable bonds is 1. The van der Waals surface area contributed by atoms with E-state index in [1.165, 1.54) is 12.1 Å². The van der Waals surface area contributed by atoms with E-state index in [1.54, 1.807) is 6.92 Å². The molecule has 5 heteroatoms. The summed E-state index contributed by atoms with van der Waals surface area (Å²) in [5, 5.41) is 6.28. The van der Waals surface area contributed by atoms with Gasteiger partial charge in [-0.05, 0) is 37.5 Å². The Morgan fingerprint density at radius 2 is 1.70 bits per heavy atom. The summed E-state index contributed by atoms with van der Waals surface area (Å²) in [6.07, 6.45) is 3.72. The van der Waals surface area contributed by atoms with E-state index in [4.69, 9.17) is 0 Å². The molecular formula is C15H18F2N2O. The summed E-state index contributed by atoms with van der Waals surface area (Å²) in [7, 11) is 0. The van der Waals surface area contributed by atoms with Crippen molar-refractivity contribution in [2.45, 2.75) is 43.7 Å².